The summed E-state index contributed by atoms with van der Waals surface area (Å²) < 4.78 is 12.8. The number of piperazine rings is 1. The van der Waals surface area contributed by atoms with Crippen molar-refractivity contribution in [3.8, 4) is 0 Å². The molecule has 1 heterocycles. The van der Waals surface area contributed by atoms with Gasteiger partial charge in [0, 0.05) is 32.7 Å². The Labute approximate surface area is 108 Å². The van der Waals surface area contributed by atoms with Crippen LogP contribution in [0.15, 0.2) is 24.3 Å². The number of nitrogens with zero attached hydrogens (tertiary/aromatic N) is 2. The summed E-state index contributed by atoms with van der Waals surface area (Å²) in [5, 5.41) is 10.0. The minimum absolute atomic E-state index is 0.259. The van der Waals surface area contributed by atoms with Gasteiger partial charge in [-0.25, -0.2) is 4.39 Å². The first-order valence-corrected chi connectivity index (χ1v) is 6.49. The molecule has 1 aliphatic heterocycles. The normalized spacial score (nSPS) is 19.9. The number of hydrogen-bond donors (Lipinski definition) is 1. The zero-order chi connectivity index (χ0) is 13.0. The zero-order valence-electron chi connectivity index (χ0n) is 10.8. The van der Waals surface area contributed by atoms with Crippen LogP contribution in [0.1, 0.15) is 18.1 Å². The Kier molecular flexibility index (Phi) is 4.69. The molecule has 0 aliphatic carbocycles. The molecule has 0 spiro atoms. The Morgan fingerprint density at radius 1 is 1.17 bits per heavy atom. The Balaban J connectivity index is 1.77. The predicted octanol–water partition coefficient (Wildman–Crippen LogP) is 1.50. The van der Waals surface area contributed by atoms with Gasteiger partial charge >= 0.3 is 0 Å². The molecule has 3 nitrogen and oxygen atoms in total. The molecule has 1 aliphatic rings. The molecule has 0 radical (unpaired) electrons. The number of aliphatic hydroxyl groups excluding tert-OH is 1. The summed E-state index contributed by atoms with van der Waals surface area (Å²) in [4.78, 5) is 4.68. The highest BCUT2D eigenvalue weighted by molar-refractivity contribution is 5.18. The second-order valence-corrected chi connectivity index (χ2v) is 5.00. The maximum absolute atomic E-state index is 12.8. The Bertz CT molecular complexity index is 361. The van der Waals surface area contributed by atoms with Gasteiger partial charge in [0.15, 0.2) is 0 Å². The Morgan fingerprint density at radius 2 is 1.78 bits per heavy atom. The van der Waals surface area contributed by atoms with E-state index in [0.717, 1.165) is 38.3 Å². The maximum atomic E-state index is 12.8. The first kappa shape index (κ1) is 13.5. The summed E-state index contributed by atoms with van der Waals surface area (Å²) >= 11 is 0. The average Bonchev–Trinajstić information content (AvgIpc) is 2.38. The van der Waals surface area contributed by atoms with E-state index in [1.807, 2.05) is 0 Å². The average molecular weight is 252 g/mol. The fourth-order valence-corrected chi connectivity index (χ4v) is 2.23. The topological polar surface area (TPSA) is 26.7 Å². The molecule has 0 amide bonds. The number of aliphatic hydroxyl groups is 1. The highest BCUT2D eigenvalue weighted by Crippen LogP contribution is 2.17. The molecular formula is C14H21FN2O. The lowest BCUT2D eigenvalue weighted by Gasteiger charge is -2.32. The molecule has 2 rings (SSSR count). The van der Waals surface area contributed by atoms with Crippen LogP contribution in [0.5, 0.6) is 0 Å². The SMILES string of the molecule is CN1CCN(CCC(O)c2ccc(F)cc2)CC1. The van der Waals surface area contributed by atoms with Crippen LogP contribution in [0.25, 0.3) is 0 Å². The largest absolute Gasteiger partial charge is 0.388 e. The van der Waals surface area contributed by atoms with Gasteiger partial charge in [-0.15, -0.1) is 0 Å². The summed E-state index contributed by atoms with van der Waals surface area (Å²) in [6.07, 6.45) is 0.209. The fourth-order valence-electron chi connectivity index (χ4n) is 2.23. The summed E-state index contributed by atoms with van der Waals surface area (Å²) in [6.45, 7) is 5.20. The quantitative estimate of drug-likeness (QED) is 0.879. The van der Waals surface area contributed by atoms with Gasteiger partial charge < -0.3 is 14.9 Å². The number of likely N-dealkylation sites (N-methyl/N-ethyl adjacent to an activating group) is 1. The van der Waals surface area contributed by atoms with E-state index in [1.54, 1.807) is 12.1 Å². The molecule has 4 heteroatoms. The van der Waals surface area contributed by atoms with Crippen LogP contribution in [0, 0.1) is 5.82 Å². The lowest BCUT2D eigenvalue weighted by atomic mass is 10.1. The van der Waals surface area contributed by atoms with E-state index >= 15 is 0 Å². The number of halogens is 1. The molecule has 1 unspecified atom stereocenters. The van der Waals surface area contributed by atoms with Crippen LogP contribution >= 0.6 is 0 Å². The van der Waals surface area contributed by atoms with Gasteiger partial charge in [0.2, 0.25) is 0 Å². The lowest BCUT2D eigenvalue weighted by Crippen LogP contribution is -2.44. The molecule has 0 aromatic heterocycles. The van der Waals surface area contributed by atoms with E-state index in [0.29, 0.717) is 6.42 Å². The summed E-state index contributed by atoms with van der Waals surface area (Å²) in [6, 6.07) is 6.11. The Morgan fingerprint density at radius 3 is 2.39 bits per heavy atom. The summed E-state index contributed by atoms with van der Waals surface area (Å²) in [5.41, 5.74) is 0.797. The van der Waals surface area contributed by atoms with Crippen molar-refractivity contribution in [2.45, 2.75) is 12.5 Å². The van der Waals surface area contributed by atoms with E-state index < -0.39 is 6.10 Å². The molecule has 0 saturated carbocycles. The van der Waals surface area contributed by atoms with Gasteiger partial charge in [-0.05, 0) is 31.2 Å². The molecular weight excluding hydrogens is 231 g/mol. The van der Waals surface area contributed by atoms with Crippen molar-refractivity contribution in [2.24, 2.45) is 0 Å². The van der Waals surface area contributed by atoms with Gasteiger partial charge in [-0.3, -0.25) is 0 Å². The molecule has 0 bridgehead atoms. The first-order valence-electron chi connectivity index (χ1n) is 6.49. The number of rotatable bonds is 4. The van der Waals surface area contributed by atoms with E-state index in [9.17, 15) is 9.50 Å². The minimum Gasteiger partial charge on any atom is -0.388 e. The predicted molar refractivity (Wildman–Crippen MR) is 69.9 cm³/mol. The van der Waals surface area contributed by atoms with Crippen molar-refractivity contribution < 1.29 is 9.50 Å². The molecule has 18 heavy (non-hydrogen) atoms. The van der Waals surface area contributed by atoms with Crippen molar-refractivity contribution in [1.29, 1.82) is 0 Å². The molecule has 1 N–H and O–H groups in total. The minimum atomic E-state index is -0.495. The molecule has 1 aromatic rings. The van der Waals surface area contributed by atoms with E-state index in [4.69, 9.17) is 0 Å². The highest BCUT2D eigenvalue weighted by Gasteiger charge is 2.15. The Hall–Kier alpha value is -0.970. The second-order valence-electron chi connectivity index (χ2n) is 5.00. The second kappa shape index (κ2) is 6.27. The zero-order valence-corrected chi connectivity index (χ0v) is 10.8. The van der Waals surface area contributed by atoms with E-state index in [-0.39, 0.29) is 5.82 Å². The highest BCUT2D eigenvalue weighted by atomic mass is 19.1. The van der Waals surface area contributed by atoms with Crippen LogP contribution in [0.3, 0.4) is 0 Å². The molecule has 100 valence electrons. The van der Waals surface area contributed by atoms with Gasteiger partial charge in [0.25, 0.3) is 0 Å². The van der Waals surface area contributed by atoms with Crippen LogP contribution in [0.2, 0.25) is 0 Å². The first-order chi connectivity index (χ1) is 8.65. The number of benzene rings is 1. The van der Waals surface area contributed by atoms with Crippen molar-refractivity contribution in [2.75, 3.05) is 39.8 Å². The van der Waals surface area contributed by atoms with Crippen molar-refractivity contribution >= 4 is 0 Å². The fraction of sp³-hybridized carbons (Fsp3) is 0.571. The van der Waals surface area contributed by atoms with E-state index in [1.165, 1.54) is 12.1 Å². The van der Waals surface area contributed by atoms with Gasteiger partial charge in [0.1, 0.15) is 5.82 Å². The van der Waals surface area contributed by atoms with Gasteiger partial charge in [-0.1, -0.05) is 12.1 Å². The third-order valence-corrected chi connectivity index (χ3v) is 3.57. The van der Waals surface area contributed by atoms with Crippen molar-refractivity contribution in [1.82, 2.24) is 9.80 Å². The third-order valence-electron chi connectivity index (χ3n) is 3.57. The molecule has 1 saturated heterocycles. The van der Waals surface area contributed by atoms with Crippen molar-refractivity contribution in [3.63, 3.8) is 0 Å². The monoisotopic (exact) mass is 252 g/mol. The van der Waals surface area contributed by atoms with Crippen LogP contribution in [-0.4, -0.2) is 54.7 Å². The van der Waals surface area contributed by atoms with Crippen LogP contribution in [0.4, 0.5) is 4.39 Å². The van der Waals surface area contributed by atoms with Gasteiger partial charge in [0.05, 0.1) is 6.10 Å². The van der Waals surface area contributed by atoms with Crippen LogP contribution < -0.4 is 0 Å². The van der Waals surface area contributed by atoms with E-state index in [2.05, 4.69) is 16.8 Å². The van der Waals surface area contributed by atoms with Gasteiger partial charge in [-0.2, -0.15) is 0 Å². The third kappa shape index (κ3) is 3.77. The smallest absolute Gasteiger partial charge is 0.123 e. The summed E-state index contributed by atoms with van der Waals surface area (Å²) in [7, 11) is 2.13. The van der Waals surface area contributed by atoms with Crippen LogP contribution in [-0.2, 0) is 0 Å². The molecule has 1 atom stereocenters. The lowest BCUT2D eigenvalue weighted by molar-refractivity contribution is 0.113. The number of hydrogen-bond acceptors (Lipinski definition) is 3. The standard InChI is InChI=1S/C14H21FN2O/c1-16-8-10-17(11-9-16)7-6-14(18)12-2-4-13(15)5-3-12/h2-5,14,18H,6-11H2,1H3. The maximum Gasteiger partial charge on any atom is 0.123 e. The molecule has 1 aromatic carbocycles. The van der Waals surface area contributed by atoms with Crippen molar-refractivity contribution in [3.05, 3.63) is 35.6 Å². The summed E-state index contributed by atoms with van der Waals surface area (Å²) in [5.74, 6) is -0.259. The molecule has 1 fully saturated rings.